The highest BCUT2D eigenvalue weighted by Gasteiger charge is 2.19. The number of aromatic amines is 1. The summed E-state index contributed by atoms with van der Waals surface area (Å²) in [4.78, 5) is 20.6. The van der Waals surface area contributed by atoms with Gasteiger partial charge in [-0.05, 0) is 55.0 Å². The van der Waals surface area contributed by atoms with Gasteiger partial charge in [0.2, 0.25) is 0 Å². The lowest BCUT2D eigenvalue weighted by molar-refractivity contribution is 0.0322. The molecule has 3 aromatic heterocycles. The third kappa shape index (κ3) is 8.88. The summed E-state index contributed by atoms with van der Waals surface area (Å²) < 4.78 is 20.0. The van der Waals surface area contributed by atoms with E-state index in [4.69, 9.17) is 19.3 Å². The molecule has 56 heavy (non-hydrogen) atoms. The second-order valence-electron chi connectivity index (χ2n) is 13.4. The molecule has 1 atom stereocenters. The first-order valence-corrected chi connectivity index (χ1v) is 19.9. The average molecular weight is 864 g/mol. The number of H-pyrrole nitrogens is 1. The Balaban J connectivity index is 0.981. The summed E-state index contributed by atoms with van der Waals surface area (Å²) in [5, 5.41) is 24.2. The zero-order valence-corrected chi connectivity index (χ0v) is 33.0. The third-order valence-electron chi connectivity index (χ3n) is 9.48. The minimum Gasteiger partial charge on any atom is -0.492 e. The zero-order chi connectivity index (χ0) is 38.3. The Morgan fingerprint density at radius 3 is 2.70 bits per heavy atom. The fourth-order valence-corrected chi connectivity index (χ4v) is 7.57. The van der Waals surface area contributed by atoms with E-state index in [1.807, 2.05) is 97.1 Å². The number of urea groups is 1. The molecule has 4 N–H and O–H groups in total. The van der Waals surface area contributed by atoms with Crippen molar-refractivity contribution in [3.63, 3.8) is 0 Å². The molecule has 0 aliphatic carbocycles. The van der Waals surface area contributed by atoms with Crippen molar-refractivity contribution in [1.82, 2.24) is 29.9 Å². The summed E-state index contributed by atoms with van der Waals surface area (Å²) in [6.07, 6.45) is 5.47. The lowest BCUT2D eigenvalue weighted by Crippen LogP contribution is -2.38. The van der Waals surface area contributed by atoms with Crippen LogP contribution in [-0.4, -0.2) is 75.3 Å². The van der Waals surface area contributed by atoms with Crippen LogP contribution in [0.2, 0.25) is 0 Å². The first-order valence-electron chi connectivity index (χ1n) is 18.7. The Hall–Kier alpha value is -5.71. The number of anilines is 4. The number of nitrogens with one attached hydrogen (secondary N) is 4. The number of ether oxygens (including phenoxy) is 3. The topological polar surface area (TPSA) is 143 Å². The Bertz CT molecular complexity index is 2440. The van der Waals surface area contributed by atoms with Crippen LogP contribution in [0.25, 0.3) is 27.4 Å². The highest BCUT2D eigenvalue weighted by Crippen LogP contribution is 2.36. The van der Waals surface area contributed by atoms with Crippen molar-refractivity contribution < 1.29 is 19.0 Å². The lowest BCUT2D eigenvalue weighted by atomic mass is 10.1. The Morgan fingerprint density at radius 1 is 0.946 bits per heavy atom. The van der Waals surface area contributed by atoms with Gasteiger partial charge >= 0.3 is 6.03 Å². The normalized spacial score (nSPS) is 13.8. The number of hydrogen-bond acceptors (Lipinski definition) is 9. The fraction of sp³-hybridized carbons (Fsp3) is 0.238. The number of fused-ring (bicyclic) bond motifs is 2. The van der Waals surface area contributed by atoms with Crippen molar-refractivity contribution in [1.29, 1.82) is 0 Å². The summed E-state index contributed by atoms with van der Waals surface area (Å²) in [5.74, 6) is 3.18. The third-order valence-corrected chi connectivity index (χ3v) is 10.7. The number of carbonyl (C=O) groups is 1. The second-order valence-corrected chi connectivity index (χ2v) is 14.9. The Kier molecular flexibility index (Phi) is 11.6. The number of amides is 2. The number of hydrogen-bond donors (Lipinski definition) is 4. The molecule has 14 heteroatoms. The van der Waals surface area contributed by atoms with Gasteiger partial charge in [0.05, 0.1) is 45.9 Å². The van der Waals surface area contributed by atoms with E-state index in [0.717, 1.165) is 90.2 Å². The molecule has 13 nitrogen and oxygen atoms in total. The van der Waals surface area contributed by atoms with Gasteiger partial charge in [-0.15, -0.1) is 0 Å². The Labute approximate surface area is 337 Å². The highest BCUT2D eigenvalue weighted by atomic mass is 127. The molecule has 1 fully saturated rings. The average Bonchev–Trinajstić information content (AvgIpc) is 3.87. The molecule has 0 spiro atoms. The molecule has 286 valence electrons. The molecular weight excluding hydrogens is 821 g/mol. The molecule has 0 radical (unpaired) electrons. The molecule has 8 rings (SSSR count). The summed E-state index contributed by atoms with van der Waals surface area (Å²) in [7, 11) is 0. The van der Waals surface area contributed by atoms with Crippen LogP contribution in [0.3, 0.4) is 0 Å². The van der Waals surface area contributed by atoms with Gasteiger partial charge in [-0.25, -0.2) is 14.5 Å². The summed E-state index contributed by atoms with van der Waals surface area (Å²) in [5.41, 5.74) is 4.16. The quantitative estimate of drug-likeness (QED) is 0.0621. The Morgan fingerprint density at radius 2 is 1.82 bits per heavy atom. The van der Waals surface area contributed by atoms with Crippen LogP contribution >= 0.6 is 22.6 Å². The number of benzene rings is 4. The molecule has 0 bridgehead atoms. The van der Waals surface area contributed by atoms with Crippen LogP contribution in [0, 0.1) is 0 Å². The maximum absolute atomic E-state index is 13.7. The molecule has 7 aromatic rings. The van der Waals surface area contributed by atoms with Crippen molar-refractivity contribution in [2.45, 2.75) is 23.7 Å². The number of carbonyl (C=O) groups excluding carboxylic acids is 1. The van der Waals surface area contributed by atoms with E-state index < -0.39 is 6.03 Å². The number of alkyl halides is 1. The first kappa shape index (κ1) is 37.2. The standard InChI is InChI=1S/C42H42IN9O4/c1-2-6-35(43)38-26-41(52(50-38)30-7-5-8-31(24-30)55-22-19-51-17-20-54-21-18-51)48-42(53)47-37-13-14-39(34-10-4-3-9-33(34)37)56-32-15-16-44-40(25-32)46-29-11-12-36-28(23-29)27-45-49-36/h3-5,7-16,23-27,35H,2,6,17-22H2,1H3,(H,44,46)(H,45,49)(H2,47,48,53). The van der Waals surface area contributed by atoms with Crippen LogP contribution < -0.4 is 25.4 Å². The molecular formula is C42H42IN9O4. The van der Waals surface area contributed by atoms with Gasteiger partial charge in [-0.3, -0.25) is 15.3 Å². The molecule has 1 saturated heterocycles. The summed E-state index contributed by atoms with van der Waals surface area (Å²) in [6.45, 7) is 6.89. The number of pyridine rings is 1. The maximum atomic E-state index is 13.7. The predicted octanol–water partition coefficient (Wildman–Crippen LogP) is 9.46. The monoisotopic (exact) mass is 863 g/mol. The van der Waals surface area contributed by atoms with Crippen molar-refractivity contribution >= 4 is 73.3 Å². The number of rotatable bonds is 14. The molecule has 4 heterocycles. The maximum Gasteiger partial charge on any atom is 0.324 e. The molecule has 4 aromatic carbocycles. The van der Waals surface area contributed by atoms with Crippen LogP contribution in [0.5, 0.6) is 17.2 Å². The van der Waals surface area contributed by atoms with Gasteiger partial charge in [-0.2, -0.15) is 10.2 Å². The number of nitrogens with zero attached hydrogens (tertiary/aromatic N) is 5. The van der Waals surface area contributed by atoms with Gasteiger partial charge in [0, 0.05) is 65.9 Å². The van der Waals surface area contributed by atoms with E-state index in [0.29, 0.717) is 35.4 Å². The lowest BCUT2D eigenvalue weighted by Gasteiger charge is -2.26. The zero-order valence-electron chi connectivity index (χ0n) is 30.9. The highest BCUT2D eigenvalue weighted by molar-refractivity contribution is 14.1. The minimum absolute atomic E-state index is 0.186. The summed E-state index contributed by atoms with van der Waals surface area (Å²) in [6, 6.07) is 30.5. The van der Waals surface area contributed by atoms with Crippen LogP contribution in [0.4, 0.5) is 27.8 Å². The van der Waals surface area contributed by atoms with Crippen molar-refractivity contribution in [2.24, 2.45) is 0 Å². The van der Waals surface area contributed by atoms with Crippen LogP contribution in [-0.2, 0) is 4.74 Å². The number of aromatic nitrogens is 5. The SMILES string of the molecule is CCCC(I)c1cc(NC(=O)Nc2ccc(Oc3ccnc(Nc4ccc5[nH]ncc5c4)c3)c3ccccc23)n(-c2cccc(OCCN3CCOCC3)c2)n1. The van der Waals surface area contributed by atoms with Crippen molar-refractivity contribution in [3.8, 4) is 22.9 Å². The van der Waals surface area contributed by atoms with Gasteiger partial charge in [0.25, 0.3) is 0 Å². The van der Waals surface area contributed by atoms with Crippen molar-refractivity contribution in [3.05, 3.63) is 115 Å². The van der Waals surface area contributed by atoms with E-state index in [9.17, 15) is 4.79 Å². The van der Waals surface area contributed by atoms with Crippen LogP contribution in [0.15, 0.2) is 109 Å². The molecule has 0 saturated carbocycles. The minimum atomic E-state index is -0.395. The van der Waals surface area contributed by atoms with Gasteiger partial charge in [-0.1, -0.05) is 66.3 Å². The van der Waals surface area contributed by atoms with E-state index in [1.54, 1.807) is 17.1 Å². The van der Waals surface area contributed by atoms with Crippen molar-refractivity contribution in [2.75, 3.05) is 55.4 Å². The van der Waals surface area contributed by atoms with Gasteiger partial charge in [0.15, 0.2) is 0 Å². The van der Waals surface area contributed by atoms with E-state index in [-0.39, 0.29) is 3.92 Å². The van der Waals surface area contributed by atoms with Crippen LogP contribution in [0.1, 0.15) is 29.4 Å². The second kappa shape index (κ2) is 17.4. The number of morpholine rings is 1. The smallest absolute Gasteiger partial charge is 0.324 e. The summed E-state index contributed by atoms with van der Waals surface area (Å²) >= 11 is 2.42. The van der Waals surface area contributed by atoms with E-state index in [2.05, 4.69) is 65.5 Å². The van der Waals surface area contributed by atoms with Gasteiger partial charge < -0.3 is 24.8 Å². The predicted molar refractivity (Wildman–Crippen MR) is 228 cm³/mol. The van der Waals surface area contributed by atoms with Gasteiger partial charge in [0.1, 0.15) is 35.5 Å². The first-order chi connectivity index (χ1) is 27.5. The molecule has 2 amide bonds. The van der Waals surface area contributed by atoms with E-state index in [1.165, 1.54) is 0 Å². The fourth-order valence-electron chi connectivity index (χ4n) is 6.64. The largest absolute Gasteiger partial charge is 0.492 e. The number of halogens is 1. The molecule has 1 unspecified atom stereocenters. The molecule has 1 aliphatic rings. The molecule has 1 aliphatic heterocycles. The van der Waals surface area contributed by atoms with E-state index >= 15 is 0 Å².